The van der Waals surface area contributed by atoms with Crippen LogP contribution in [0.1, 0.15) is 19.3 Å². The molecule has 0 aromatic heterocycles. The van der Waals surface area contributed by atoms with Gasteiger partial charge >= 0.3 is 5.97 Å². The van der Waals surface area contributed by atoms with E-state index in [4.69, 9.17) is 0 Å². The van der Waals surface area contributed by atoms with Crippen molar-refractivity contribution in [3.63, 3.8) is 0 Å². The van der Waals surface area contributed by atoms with Crippen LogP contribution in [-0.4, -0.2) is 59.2 Å². The molecule has 2 N–H and O–H groups in total. The number of rotatable bonds is 5. The number of carboxylic acid groups (broad SMARTS) is 1. The number of hydrogen-bond donors (Lipinski definition) is 2. The minimum absolute atomic E-state index is 0.648. The van der Waals surface area contributed by atoms with Gasteiger partial charge in [0, 0.05) is 18.8 Å². The second-order valence-corrected chi connectivity index (χ2v) is 5.77. The van der Waals surface area contributed by atoms with E-state index in [9.17, 15) is 9.90 Å². The zero-order valence-electron chi connectivity index (χ0n) is 9.57. The molecule has 0 spiro atoms. The molecule has 0 radical (unpaired) electrons. The van der Waals surface area contributed by atoms with Crippen molar-refractivity contribution in [3.05, 3.63) is 0 Å². The molecule has 2 saturated heterocycles. The molecule has 1 unspecified atom stereocenters. The Morgan fingerprint density at radius 2 is 2.19 bits per heavy atom. The van der Waals surface area contributed by atoms with Crippen molar-refractivity contribution in [2.45, 2.75) is 24.8 Å². The number of carbonyl (C=O) groups is 1. The first-order valence-electron chi connectivity index (χ1n) is 6.01. The van der Waals surface area contributed by atoms with Crippen molar-refractivity contribution in [2.75, 3.05) is 37.7 Å². The normalized spacial score (nSPS) is 31.0. The van der Waals surface area contributed by atoms with Crippen molar-refractivity contribution in [1.82, 2.24) is 10.2 Å². The molecule has 0 aliphatic carbocycles. The maximum absolute atomic E-state index is 11.3. The minimum atomic E-state index is -0.682. The molecule has 0 bridgehead atoms. The van der Waals surface area contributed by atoms with Gasteiger partial charge in [-0.15, -0.1) is 0 Å². The highest BCUT2D eigenvalue weighted by molar-refractivity contribution is 7.99. The summed E-state index contributed by atoms with van der Waals surface area (Å²) in [6, 6.07) is 0. The van der Waals surface area contributed by atoms with Gasteiger partial charge in [-0.2, -0.15) is 11.8 Å². The SMILES string of the molecule is O=C(O)C1(NCCN2CCCC2)CCSC1. The van der Waals surface area contributed by atoms with Crippen molar-refractivity contribution < 1.29 is 9.90 Å². The van der Waals surface area contributed by atoms with E-state index >= 15 is 0 Å². The van der Waals surface area contributed by atoms with Crippen LogP contribution in [0.25, 0.3) is 0 Å². The van der Waals surface area contributed by atoms with Crippen LogP contribution in [0.5, 0.6) is 0 Å². The topological polar surface area (TPSA) is 52.6 Å². The lowest BCUT2D eigenvalue weighted by atomic mass is 9.99. The first kappa shape index (κ1) is 12.2. The van der Waals surface area contributed by atoms with E-state index in [2.05, 4.69) is 10.2 Å². The van der Waals surface area contributed by atoms with E-state index in [1.807, 2.05) is 0 Å². The summed E-state index contributed by atoms with van der Waals surface area (Å²) in [4.78, 5) is 13.7. The van der Waals surface area contributed by atoms with Crippen LogP contribution in [0, 0.1) is 0 Å². The molecular formula is C11H20N2O2S. The van der Waals surface area contributed by atoms with Crippen molar-refractivity contribution in [2.24, 2.45) is 0 Å². The molecule has 2 fully saturated rings. The Labute approximate surface area is 101 Å². The van der Waals surface area contributed by atoms with E-state index in [0.29, 0.717) is 5.75 Å². The average molecular weight is 244 g/mol. The summed E-state index contributed by atoms with van der Waals surface area (Å²) in [6.07, 6.45) is 3.34. The predicted octanol–water partition coefficient (Wildman–Crippen LogP) is 0.632. The Hall–Kier alpha value is -0.260. The summed E-state index contributed by atoms with van der Waals surface area (Å²) < 4.78 is 0. The van der Waals surface area contributed by atoms with Gasteiger partial charge in [-0.05, 0) is 38.1 Å². The fraction of sp³-hybridized carbons (Fsp3) is 0.909. The highest BCUT2D eigenvalue weighted by Crippen LogP contribution is 2.28. The molecule has 2 heterocycles. The third-order valence-corrected chi connectivity index (χ3v) is 4.71. The van der Waals surface area contributed by atoms with E-state index in [1.54, 1.807) is 11.8 Å². The van der Waals surface area contributed by atoms with Crippen LogP contribution in [0.2, 0.25) is 0 Å². The minimum Gasteiger partial charge on any atom is -0.480 e. The highest BCUT2D eigenvalue weighted by atomic mass is 32.2. The zero-order valence-corrected chi connectivity index (χ0v) is 10.4. The van der Waals surface area contributed by atoms with E-state index in [0.717, 1.165) is 25.3 Å². The summed E-state index contributed by atoms with van der Waals surface area (Å²) in [5.41, 5.74) is -0.648. The molecule has 0 aromatic carbocycles. The monoisotopic (exact) mass is 244 g/mol. The van der Waals surface area contributed by atoms with E-state index in [-0.39, 0.29) is 0 Å². The lowest BCUT2D eigenvalue weighted by molar-refractivity contribution is -0.143. The maximum atomic E-state index is 11.3. The summed E-state index contributed by atoms with van der Waals surface area (Å²) in [7, 11) is 0. The first-order chi connectivity index (χ1) is 7.73. The molecular weight excluding hydrogens is 224 g/mol. The third kappa shape index (κ3) is 2.70. The van der Waals surface area contributed by atoms with Gasteiger partial charge in [0.05, 0.1) is 0 Å². The summed E-state index contributed by atoms with van der Waals surface area (Å²) in [5, 5.41) is 12.5. The first-order valence-corrected chi connectivity index (χ1v) is 7.17. The third-order valence-electron chi connectivity index (χ3n) is 3.52. The van der Waals surface area contributed by atoms with E-state index in [1.165, 1.54) is 25.9 Å². The summed E-state index contributed by atoms with van der Waals surface area (Å²) >= 11 is 1.74. The molecule has 2 aliphatic rings. The van der Waals surface area contributed by atoms with Crippen LogP contribution in [0.3, 0.4) is 0 Å². The average Bonchev–Trinajstić information content (AvgIpc) is 2.88. The zero-order chi connectivity index (χ0) is 11.4. The largest absolute Gasteiger partial charge is 0.480 e. The number of hydrogen-bond acceptors (Lipinski definition) is 4. The number of nitrogens with one attached hydrogen (secondary N) is 1. The fourth-order valence-electron chi connectivity index (χ4n) is 2.41. The smallest absolute Gasteiger partial charge is 0.324 e. The molecule has 1 atom stereocenters. The number of carboxylic acids is 1. The fourth-order valence-corrected chi connectivity index (χ4v) is 3.76. The van der Waals surface area contributed by atoms with Gasteiger partial charge in [-0.3, -0.25) is 10.1 Å². The van der Waals surface area contributed by atoms with Gasteiger partial charge < -0.3 is 10.0 Å². The lowest BCUT2D eigenvalue weighted by Gasteiger charge is -2.26. The Morgan fingerprint density at radius 1 is 1.44 bits per heavy atom. The number of likely N-dealkylation sites (tertiary alicyclic amines) is 1. The van der Waals surface area contributed by atoms with Crippen LogP contribution in [0.4, 0.5) is 0 Å². The molecule has 2 rings (SSSR count). The molecule has 16 heavy (non-hydrogen) atoms. The summed E-state index contributed by atoms with van der Waals surface area (Å²) in [5.74, 6) is 0.990. The van der Waals surface area contributed by atoms with Crippen LogP contribution in [0.15, 0.2) is 0 Å². The van der Waals surface area contributed by atoms with E-state index < -0.39 is 11.5 Å². The molecule has 0 amide bonds. The van der Waals surface area contributed by atoms with Gasteiger partial charge in [0.2, 0.25) is 0 Å². The van der Waals surface area contributed by atoms with Crippen molar-refractivity contribution in [1.29, 1.82) is 0 Å². The van der Waals surface area contributed by atoms with Crippen molar-refractivity contribution in [3.8, 4) is 0 Å². The summed E-state index contributed by atoms with van der Waals surface area (Å²) in [6.45, 7) is 4.14. The van der Waals surface area contributed by atoms with Gasteiger partial charge in [0.1, 0.15) is 5.54 Å². The van der Waals surface area contributed by atoms with Gasteiger partial charge in [-0.1, -0.05) is 0 Å². The van der Waals surface area contributed by atoms with Crippen LogP contribution in [-0.2, 0) is 4.79 Å². The number of thioether (sulfide) groups is 1. The second-order valence-electron chi connectivity index (χ2n) is 4.67. The van der Waals surface area contributed by atoms with Gasteiger partial charge in [0.15, 0.2) is 0 Å². The van der Waals surface area contributed by atoms with Gasteiger partial charge in [-0.25, -0.2) is 0 Å². The van der Waals surface area contributed by atoms with Crippen molar-refractivity contribution >= 4 is 17.7 Å². The van der Waals surface area contributed by atoms with Crippen LogP contribution >= 0.6 is 11.8 Å². The van der Waals surface area contributed by atoms with Gasteiger partial charge in [0.25, 0.3) is 0 Å². The number of aliphatic carboxylic acids is 1. The Kier molecular flexibility index (Phi) is 4.10. The molecule has 92 valence electrons. The molecule has 5 heteroatoms. The second kappa shape index (κ2) is 5.38. The number of nitrogens with zero attached hydrogens (tertiary/aromatic N) is 1. The molecule has 0 saturated carbocycles. The Morgan fingerprint density at radius 3 is 2.75 bits per heavy atom. The van der Waals surface area contributed by atoms with Crippen LogP contribution < -0.4 is 5.32 Å². The Balaban J connectivity index is 1.76. The maximum Gasteiger partial charge on any atom is 0.324 e. The molecule has 4 nitrogen and oxygen atoms in total. The molecule has 2 aliphatic heterocycles. The Bertz CT molecular complexity index is 248. The lowest BCUT2D eigenvalue weighted by Crippen LogP contribution is -2.54. The predicted molar refractivity (Wildman–Crippen MR) is 66.0 cm³/mol. The standard InChI is InChI=1S/C11H20N2O2S/c14-10(15)11(3-8-16-9-11)12-4-7-13-5-1-2-6-13/h12H,1-9H2,(H,14,15). The quantitative estimate of drug-likeness (QED) is 0.743. The highest BCUT2D eigenvalue weighted by Gasteiger charge is 2.41. The molecule has 0 aromatic rings.